The van der Waals surface area contributed by atoms with E-state index >= 15 is 0 Å². The van der Waals surface area contributed by atoms with Gasteiger partial charge in [-0.2, -0.15) is 5.10 Å². The van der Waals surface area contributed by atoms with Gasteiger partial charge in [0.25, 0.3) is 0 Å². The fraction of sp³-hybridized carbons (Fsp3) is 0.417. The molecule has 0 radical (unpaired) electrons. The van der Waals surface area contributed by atoms with Gasteiger partial charge in [-0.3, -0.25) is 4.68 Å². The maximum absolute atomic E-state index is 4.45. The largest absolute Gasteiger partial charge is 0.262 e. The van der Waals surface area contributed by atoms with E-state index < -0.39 is 0 Å². The molecule has 1 aromatic carbocycles. The Hall–Kier alpha value is -1.31. The van der Waals surface area contributed by atoms with Gasteiger partial charge in [0.2, 0.25) is 0 Å². The van der Waals surface area contributed by atoms with Crippen LogP contribution in [0.5, 0.6) is 0 Å². The molecule has 1 saturated carbocycles. The Bertz CT molecular complexity index is 466. The fourth-order valence-corrected chi connectivity index (χ4v) is 1.93. The highest BCUT2D eigenvalue weighted by molar-refractivity contribution is 5.79. The highest BCUT2D eigenvalue weighted by Gasteiger charge is 2.25. The SMILES string of the molecule is CCc1ccc2c(cnn2C2CC2)c1. The minimum Gasteiger partial charge on any atom is -0.262 e. The summed E-state index contributed by atoms with van der Waals surface area (Å²) in [5.74, 6) is 0. The zero-order chi connectivity index (χ0) is 9.54. The van der Waals surface area contributed by atoms with Gasteiger partial charge >= 0.3 is 0 Å². The number of benzene rings is 1. The van der Waals surface area contributed by atoms with Crippen molar-refractivity contribution in [3.05, 3.63) is 30.0 Å². The average molecular weight is 186 g/mol. The zero-order valence-electron chi connectivity index (χ0n) is 8.40. The van der Waals surface area contributed by atoms with Crippen LogP contribution in [0, 0.1) is 0 Å². The molecule has 0 unspecified atom stereocenters. The minimum atomic E-state index is 0.681. The Morgan fingerprint density at radius 1 is 1.43 bits per heavy atom. The number of hydrogen-bond donors (Lipinski definition) is 0. The lowest BCUT2D eigenvalue weighted by Crippen LogP contribution is -1.94. The second kappa shape index (κ2) is 2.84. The summed E-state index contributed by atoms with van der Waals surface area (Å²) in [7, 11) is 0. The third kappa shape index (κ3) is 1.14. The minimum absolute atomic E-state index is 0.681. The van der Waals surface area contributed by atoms with Crippen molar-refractivity contribution < 1.29 is 0 Å². The molecule has 1 fully saturated rings. The molecule has 0 bridgehead atoms. The Balaban J connectivity index is 2.17. The van der Waals surface area contributed by atoms with Crippen LogP contribution in [-0.4, -0.2) is 9.78 Å². The highest BCUT2D eigenvalue weighted by Crippen LogP contribution is 2.36. The van der Waals surface area contributed by atoms with Crippen LogP contribution >= 0.6 is 0 Å². The second-order valence-corrected chi connectivity index (χ2v) is 4.07. The standard InChI is InChI=1S/C12H14N2/c1-2-9-3-6-12-10(7-9)8-13-14(12)11-4-5-11/h3,6-8,11H,2,4-5H2,1H3. The Kier molecular flexibility index (Phi) is 1.63. The maximum atomic E-state index is 4.45. The van der Waals surface area contributed by atoms with Gasteiger partial charge in [-0.25, -0.2) is 0 Å². The normalized spacial score (nSPS) is 16.4. The number of hydrogen-bond acceptors (Lipinski definition) is 1. The first-order valence-electron chi connectivity index (χ1n) is 5.34. The van der Waals surface area contributed by atoms with Gasteiger partial charge in [0.1, 0.15) is 0 Å². The molecule has 0 atom stereocenters. The molecule has 0 saturated heterocycles. The van der Waals surface area contributed by atoms with E-state index in [1.54, 1.807) is 0 Å². The Morgan fingerprint density at radius 2 is 2.29 bits per heavy atom. The summed E-state index contributed by atoms with van der Waals surface area (Å²) in [6.07, 6.45) is 5.69. The summed E-state index contributed by atoms with van der Waals surface area (Å²) in [5.41, 5.74) is 2.69. The molecule has 2 nitrogen and oxygen atoms in total. The lowest BCUT2D eigenvalue weighted by molar-refractivity contribution is 0.665. The van der Waals surface area contributed by atoms with E-state index in [2.05, 4.69) is 34.9 Å². The van der Waals surface area contributed by atoms with E-state index in [-0.39, 0.29) is 0 Å². The highest BCUT2D eigenvalue weighted by atomic mass is 15.3. The van der Waals surface area contributed by atoms with Gasteiger partial charge < -0.3 is 0 Å². The van der Waals surface area contributed by atoms with Crippen molar-refractivity contribution in [3.63, 3.8) is 0 Å². The first-order valence-corrected chi connectivity index (χ1v) is 5.34. The molecule has 1 heterocycles. The average Bonchev–Trinajstić information content (AvgIpc) is 2.98. The lowest BCUT2D eigenvalue weighted by Gasteiger charge is -2.00. The van der Waals surface area contributed by atoms with Gasteiger partial charge in [-0.15, -0.1) is 0 Å². The van der Waals surface area contributed by atoms with Crippen LogP contribution in [0.25, 0.3) is 10.9 Å². The smallest absolute Gasteiger partial charge is 0.0685 e. The molecule has 0 amide bonds. The number of aryl methyl sites for hydroxylation is 1. The van der Waals surface area contributed by atoms with Crippen LogP contribution in [-0.2, 0) is 6.42 Å². The summed E-state index contributed by atoms with van der Waals surface area (Å²) >= 11 is 0. The third-order valence-corrected chi connectivity index (χ3v) is 2.96. The first kappa shape index (κ1) is 8.04. The number of aromatic nitrogens is 2. The third-order valence-electron chi connectivity index (χ3n) is 2.96. The number of nitrogens with zero attached hydrogens (tertiary/aromatic N) is 2. The van der Waals surface area contributed by atoms with Crippen LogP contribution in [0.4, 0.5) is 0 Å². The number of fused-ring (bicyclic) bond motifs is 1. The summed E-state index contributed by atoms with van der Waals surface area (Å²) in [5, 5.41) is 5.74. The molecular weight excluding hydrogens is 172 g/mol. The monoisotopic (exact) mass is 186 g/mol. The van der Waals surface area contributed by atoms with Crippen molar-refractivity contribution >= 4 is 10.9 Å². The second-order valence-electron chi connectivity index (χ2n) is 4.07. The predicted octanol–water partition coefficient (Wildman–Crippen LogP) is 2.93. The molecule has 3 rings (SSSR count). The van der Waals surface area contributed by atoms with Gasteiger partial charge in [-0.1, -0.05) is 13.0 Å². The molecular formula is C12H14N2. The van der Waals surface area contributed by atoms with Crippen molar-refractivity contribution in [1.29, 1.82) is 0 Å². The van der Waals surface area contributed by atoms with Crippen LogP contribution in [0.15, 0.2) is 24.4 Å². The molecule has 1 aliphatic carbocycles. The molecule has 1 aliphatic rings. The molecule has 0 aliphatic heterocycles. The molecule has 2 aromatic rings. The van der Waals surface area contributed by atoms with Gasteiger partial charge in [-0.05, 0) is 37.0 Å². The van der Waals surface area contributed by atoms with Crippen molar-refractivity contribution in [2.75, 3.05) is 0 Å². The summed E-state index contributed by atoms with van der Waals surface area (Å²) in [6, 6.07) is 7.35. The summed E-state index contributed by atoms with van der Waals surface area (Å²) < 4.78 is 2.18. The van der Waals surface area contributed by atoms with E-state index in [1.807, 2.05) is 6.20 Å². The lowest BCUT2D eigenvalue weighted by atomic mass is 10.1. The van der Waals surface area contributed by atoms with Crippen molar-refractivity contribution in [1.82, 2.24) is 9.78 Å². The summed E-state index contributed by atoms with van der Waals surface area (Å²) in [6.45, 7) is 2.19. The summed E-state index contributed by atoms with van der Waals surface area (Å²) in [4.78, 5) is 0. The zero-order valence-corrected chi connectivity index (χ0v) is 8.40. The predicted molar refractivity (Wildman–Crippen MR) is 57.4 cm³/mol. The van der Waals surface area contributed by atoms with Crippen molar-refractivity contribution in [2.24, 2.45) is 0 Å². The molecule has 2 heteroatoms. The van der Waals surface area contributed by atoms with Crippen molar-refractivity contribution in [2.45, 2.75) is 32.2 Å². The first-order chi connectivity index (χ1) is 6.88. The molecule has 14 heavy (non-hydrogen) atoms. The van der Waals surface area contributed by atoms with E-state index in [4.69, 9.17) is 0 Å². The molecule has 72 valence electrons. The number of rotatable bonds is 2. The topological polar surface area (TPSA) is 17.8 Å². The van der Waals surface area contributed by atoms with Crippen LogP contribution in [0.1, 0.15) is 31.4 Å². The van der Waals surface area contributed by atoms with E-state index in [1.165, 1.54) is 29.3 Å². The quantitative estimate of drug-likeness (QED) is 0.705. The van der Waals surface area contributed by atoms with Gasteiger partial charge in [0, 0.05) is 5.39 Å². The molecule has 0 N–H and O–H groups in total. The van der Waals surface area contributed by atoms with E-state index in [0.717, 1.165) is 6.42 Å². The van der Waals surface area contributed by atoms with Crippen LogP contribution in [0.2, 0.25) is 0 Å². The molecule has 1 aromatic heterocycles. The maximum Gasteiger partial charge on any atom is 0.0685 e. The Morgan fingerprint density at radius 3 is 3.00 bits per heavy atom. The van der Waals surface area contributed by atoms with Crippen molar-refractivity contribution in [3.8, 4) is 0 Å². The van der Waals surface area contributed by atoms with Gasteiger partial charge in [0.15, 0.2) is 0 Å². The van der Waals surface area contributed by atoms with E-state index in [9.17, 15) is 0 Å². The Labute approximate surface area is 83.5 Å². The van der Waals surface area contributed by atoms with E-state index in [0.29, 0.717) is 6.04 Å². The van der Waals surface area contributed by atoms with Gasteiger partial charge in [0.05, 0.1) is 17.8 Å². The molecule has 0 spiro atoms. The van der Waals surface area contributed by atoms with Crippen LogP contribution in [0.3, 0.4) is 0 Å². The fourth-order valence-electron chi connectivity index (χ4n) is 1.93. The van der Waals surface area contributed by atoms with Crippen LogP contribution < -0.4 is 0 Å².